The molecular weight excluding hydrogens is 1380 g/mol. The fourth-order valence-corrected chi connectivity index (χ4v) is 20.0. The zero-order valence-electron chi connectivity index (χ0n) is 54.5. The van der Waals surface area contributed by atoms with E-state index in [2.05, 4.69) is 115 Å². The molecule has 94 heavy (non-hydrogen) atoms. The van der Waals surface area contributed by atoms with Crippen LogP contribution in [0.15, 0.2) is 168 Å². The zero-order chi connectivity index (χ0) is 68.2. The smallest absolute Gasteiger partial charge is 0.171 e. The number of aromatic amines is 2. The Hall–Kier alpha value is -7.40. The quantitative estimate of drug-likeness (QED) is 0.0180. The SMILES string of the molecule is CC(C)[Si](C(C)C)(C(C)C)n1cc(I)c2cc(Cl)cnc21.CCN=C(C=C(N)CCc1ccc(F)cc1)C(O)c1c[nH]c2ncc(Cl)cc12.CCN=C(C=C(N)CCc1ccc(F)cc1)Cc1c[nH]c2ncc(Cl)cc12.CCn1nc(CCc2ccc(F)cc2)cc1C=O. The Morgan fingerprint density at radius 1 is 0.649 bits per heavy atom. The monoisotopic (exact) mass is 1460 g/mol. The van der Waals surface area contributed by atoms with Gasteiger partial charge in [0.1, 0.15) is 46.2 Å². The van der Waals surface area contributed by atoms with Crippen molar-refractivity contribution >= 4 is 116 Å². The highest BCUT2D eigenvalue weighted by Crippen LogP contribution is 2.45. The second kappa shape index (κ2) is 35.4. The molecule has 0 saturated carbocycles. The number of hydrogen-bond donors (Lipinski definition) is 5. The van der Waals surface area contributed by atoms with Crippen LogP contribution in [0.1, 0.15) is 125 Å². The van der Waals surface area contributed by atoms with Gasteiger partial charge in [0.15, 0.2) is 14.5 Å². The fraction of sp³-hybridized carbons (Fsp3) is 0.319. The molecule has 0 aliphatic carbocycles. The lowest BCUT2D eigenvalue weighted by Gasteiger charge is -2.44. The second-order valence-corrected chi connectivity index (χ2v) is 31.8. The van der Waals surface area contributed by atoms with Gasteiger partial charge in [0.25, 0.3) is 0 Å². The van der Waals surface area contributed by atoms with E-state index < -0.39 is 14.3 Å². The molecule has 7 N–H and O–H groups in total. The number of carbonyl (C=O) groups excluding carboxylic acids is 1. The number of nitrogens with zero attached hydrogens (tertiary/aromatic N) is 8. The van der Waals surface area contributed by atoms with Crippen LogP contribution < -0.4 is 11.5 Å². The van der Waals surface area contributed by atoms with Gasteiger partial charge in [-0.1, -0.05) is 113 Å². The molecule has 10 rings (SSSR count). The Kier molecular flexibility index (Phi) is 27.8. The number of nitrogens with two attached hydrogens (primary N) is 2. The lowest BCUT2D eigenvalue weighted by Crippen LogP contribution is -2.51. The minimum absolute atomic E-state index is 0.225. The molecule has 0 saturated heterocycles. The van der Waals surface area contributed by atoms with Gasteiger partial charge in [-0.2, -0.15) is 5.10 Å². The van der Waals surface area contributed by atoms with E-state index in [0.29, 0.717) is 105 Å². The van der Waals surface area contributed by atoms with Gasteiger partial charge in [-0.15, -0.1) is 0 Å². The number of hydrogen-bond acceptors (Lipinski definition) is 10. The van der Waals surface area contributed by atoms with Crippen LogP contribution in [0.3, 0.4) is 0 Å². The molecule has 0 aliphatic rings. The maximum atomic E-state index is 13.0. The van der Waals surface area contributed by atoms with E-state index in [9.17, 15) is 23.1 Å². The van der Waals surface area contributed by atoms with E-state index in [-0.39, 0.29) is 17.5 Å². The number of benzene rings is 3. The zero-order valence-corrected chi connectivity index (χ0v) is 60.0. The molecule has 0 aliphatic heterocycles. The maximum absolute atomic E-state index is 13.0. The number of aliphatic imine (C=N–C) groups is 2. The number of aliphatic hydroxyl groups excluding tert-OH is 1. The van der Waals surface area contributed by atoms with Crippen LogP contribution in [0, 0.1) is 21.0 Å². The van der Waals surface area contributed by atoms with E-state index in [4.69, 9.17) is 46.3 Å². The topological polar surface area (TPSA) is 207 Å². The number of aliphatic hydroxyl groups is 1. The maximum Gasteiger partial charge on any atom is 0.171 e. The van der Waals surface area contributed by atoms with Crippen molar-refractivity contribution in [2.45, 2.75) is 137 Å². The first-order valence-electron chi connectivity index (χ1n) is 31.5. The molecule has 0 radical (unpaired) electrons. The number of nitrogens with one attached hydrogen (secondary N) is 2. The number of allylic oxidation sites excluding steroid dienone is 3. The van der Waals surface area contributed by atoms with Crippen molar-refractivity contribution in [3.05, 3.63) is 233 Å². The first-order valence-corrected chi connectivity index (χ1v) is 35.9. The minimum Gasteiger partial charge on any atom is -0.402 e. The summed E-state index contributed by atoms with van der Waals surface area (Å²) in [4.78, 5) is 39.2. The summed E-state index contributed by atoms with van der Waals surface area (Å²) in [6.45, 7) is 22.0. The molecule has 22 heteroatoms. The Morgan fingerprint density at radius 2 is 1.13 bits per heavy atom. The van der Waals surface area contributed by atoms with Gasteiger partial charge in [0.05, 0.1) is 26.5 Å². The van der Waals surface area contributed by atoms with Crippen molar-refractivity contribution in [2.24, 2.45) is 21.5 Å². The van der Waals surface area contributed by atoms with Crippen LogP contribution in [0.4, 0.5) is 13.2 Å². The van der Waals surface area contributed by atoms with Crippen LogP contribution in [-0.2, 0) is 38.6 Å². The highest BCUT2D eigenvalue weighted by atomic mass is 127. The van der Waals surface area contributed by atoms with Crippen molar-refractivity contribution in [1.82, 2.24) is 38.9 Å². The Balaban J connectivity index is 0.000000180. The predicted molar refractivity (Wildman–Crippen MR) is 392 cm³/mol. The van der Waals surface area contributed by atoms with E-state index in [1.807, 2.05) is 45.2 Å². The third kappa shape index (κ3) is 19.8. The number of pyridine rings is 3. The highest BCUT2D eigenvalue weighted by molar-refractivity contribution is 14.1. The van der Waals surface area contributed by atoms with Crippen LogP contribution >= 0.6 is 57.4 Å². The van der Waals surface area contributed by atoms with Crippen molar-refractivity contribution in [3.8, 4) is 0 Å². The molecule has 10 aromatic rings. The molecule has 1 unspecified atom stereocenters. The van der Waals surface area contributed by atoms with E-state index in [0.717, 1.165) is 87.0 Å². The van der Waals surface area contributed by atoms with E-state index in [1.54, 1.807) is 84.1 Å². The molecule has 7 aromatic heterocycles. The number of aromatic nitrogens is 8. The second-order valence-electron chi connectivity index (χ2n) is 23.6. The molecule has 0 spiro atoms. The van der Waals surface area contributed by atoms with Gasteiger partial charge >= 0.3 is 0 Å². The van der Waals surface area contributed by atoms with Gasteiger partial charge in [-0.05, 0) is 194 Å². The molecule has 1 atom stereocenters. The number of aryl methyl sites for hydroxylation is 5. The average molecular weight is 1470 g/mol. The molecule has 496 valence electrons. The summed E-state index contributed by atoms with van der Waals surface area (Å²) in [7, 11) is -1.76. The van der Waals surface area contributed by atoms with Crippen LogP contribution in [-0.4, -0.2) is 83.1 Å². The van der Waals surface area contributed by atoms with Crippen molar-refractivity contribution < 1.29 is 23.1 Å². The summed E-state index contributed by atoms with van der Waals surface area (Å²) < 4.78 is 44.2. The summed E-state index contributed by atoms with van der Waals surface area (Å²) in [5.41, 5.74) is 25.9. The largest absolute Gasteiger partial charge is 0.402 e. The molecule has 14 nitrogen and oxygen atoms in total. The summed E-state index contributed by atoms with van der Waals surface area (Å²) >= 11 is 20.7. The number of rotatable bonds is 23. The Morgan fingerprint density at radius 3 is 1.63 bits per heavy atom. The minimum atomic E-state index is -1.76. The normalized spacial score (nSPS) is 12.7. The Bertz CT molecular complexity index is 4220. The number of carbonyl (C=O) groups is 1. The fourth-order valence-electron chi connectivity index (χ4n) is 12.0. The molecule has 0 amide bonds. The van der Waals surface area contributed by atoms with Crippen molar-refractivity contribution in [2.75, 3.05) is 13.1 Å². The molecule has 0 fully saturated rings. The van der Waals surface area contributed by atoms with Gasteiger partial charge < -0.3 is 30.8 Å². The first-order chi connectivity index (χ1) is 45.0. The first kappa shape index (κ1) is 74.0. The van der Waals surface area contributed by atoms with E-state index in [1.165, 1.54) is 45.4 Å². The molecule has 0 bridgehead atoms. The summed E-state index contributed by atoms with van der Waals surface area (Å²) in [6.07, 6.45) is 19.3. The van der Waals surface area contributed by atoms with E-state index >= 15 is 0 Å². The predicted octanol–water partition coefficient (Wildman–Crippen LogP) is 18.1. The molecule has 7 heterocycles. The lowest BCUT2D eigenvalue weighted by atomic mass is 10.0. The van der Waals surface area contributed by atoms with Gasteiger partial charge in [-0.3, -0.25) is 19.5 Å². The van der Waals surface area contributed by atoms with Crippen molar-refractivity contribution in [3.63, 3.8) is 0 Å². The third-order valence-corrected chi connectivity index (χ3v) is 24.5. The Labute approximate surface area is 578 Å². The number of H-pyrrole nitrogens is 2. The standard InChI is InChI=1S/C21H22ClFN4O.C21H22ClFN4.C16H24ClIN2Si.C14H15FN2O/c1-2-25-19(10-16(24)8-5-13-3-6-15(23)7-4-13)20(28)18-12-27-21-17(18)9-14(22)11-26-21;1-2-25-19(9-15-12-26-21-20(15)10-16(22)13-27-21)11-18(24)8-5-14-3-6-17(23)7-4-14;1-10(2)21(11(3)4,12(5)6)20-9-15(18)14-7-13(17)8-19-16(14)20;1-2-17-14(10-18)9-13(16-17)8-5-11-3-6-12(15)7-4-11/h3-4,6-7,9-12,20,28H,2,5,8,24H2,1H3,(H,26,27);3-4,6-7,10-13H,2,5,8-9,24H2,1H3,(H,26,27);7-12H,1-6H3;3-4,6-7,9-10H,2,5,8H2,1H3. The van der Waals surface area contributed by atoms with Gasteiger partial charge in [-0.25, -0.2) is 28.1 Å². The summed E-state index contributed by atoms with van der Waals surface area (Å²) in [6, 6.07) is 26.8. The third-order valence-electron chi connectivity index (χ3n) is 16.3. The average Bonchev–Trinajstić information content (AvgIpc) is 1.50. The number of aldehydes is 1. The van der Waals surface area contributed by atoms with Gasteiger partial charge in [0, 0.05) is 106 Å². The molecule has 3 aromatic carbocycles. The molecular formula is C72H83Cl3F3IN12O2Si. The highest BCUT2D eigenvalue weighted by Gasteiger charge is 2.46. The lowest BCUT2D eigenvalue weighted by molar-refractivity contribution is 0.111. The summed E-state index contributed by atoms with van der Waals surface area (Å²) in [5.74, 6) is -0.716. The number of halogens is 7. The van der Waals surface area contributed by atoms with Crippen molar-refractivity contribution in [1.29, 1.82) is 0 Å². The van der Waals surface area contributed by atoms with Gasteiger partial charge in [0.2, 0.25) is 0 Å². The van der Waals surface area contributed by atoms with Crippen LogP contribution in [0.25, 0.3) is 33.1 Å². The summed E-state index contributed by atoms with van der Waals surface area (Å²) in [5, 5.41) is 19.9. The number of fused-ring (bicyclic) bond motifs is 3. The van der Waals surface area contributed by atoms with Crippen LogP contribution in [0.5, 0.6) is 0 Å². The van der Waals surface area contributed by atoms with Crippen LogP contribution in [0.2, 0.25) is 31.7 Å².